The summed E-state index contributed by atoms with van der Waals surface area (Å²) >= 11 is 4.85. The van der Waals surface area contributed by atoms with E-state index in [1.807, 2.05) is 6.92 Å². The first-order valence-electron chi connectivity index (χ1n) is 4.59. The number of nitrogens with zero attached hydrogens (tertiary/aromatic N) is 1. The number of thiocarbonyl (C=S) groups is 1. The molecule has 0 radical (unpaired) electrons. The Morgan fingerprint density at radius 3 is 2.13 bits per heavy atom. The molecule has 15 heavy (non-hydrogen) atoms. The van der Waals surface area contributed by atoms with E-state index in [1.54, 1.807) is 6.92 Å². The van der Waals surface area contributed by atoms with Crippen LogP contribution in [0.15, 0.2) is 0 Å². The SMILES string of the molecule is CCC(C)(C(=O)N(C)CC(N)=O)C(N)=S. The molecule has 4 N–H and O–H groups in total. The van der Waals surface area contributed by atoms with Gasteiger partial charge in [0.05, 0.1) is 16.9 Å². The van der Waals surface area contributed by atoms with Gasteiger partial charge < -0.3 is 16.4 Å². The first kappa shape index (κ1) is 13.8. The topological polar surface area (TPSA) is 89.4 Å². The number of hydrogen-bond donors (Lipinski definition) is 2. The fourth-order valence-electron chi connectivity index (χ4n) is 1.16. The van der Waals surface area contributed by atoms with E-state index in [0.717, 1.165) is 0 Å². The third-order valence-electron chi connectivity index (χ3n) is 2.46. The van der Waals surface area contributed by atoms with E-state index in [9.17, 15) is 9.59 Å². The van der Waals surface area contributed by atoms with Crippen LogP contribution in [0.2, 0.25) is 0 Å². The first-order valence-corrected chi connectivity index (χ1v) is 5.00. The average Bonchev–Trinajstić information content (AvgIpc) is 2.13. The van der Waals surface area contributed by atoms with Gasteiger partial charge in [0.25, 0.3) is 0 Å². The lowest BCUT2D eigenvalue weighted by Crippen LogP contribution is -2.49. The van der Waals surface area contributed by atoms with Crippen molar-refractivity contribution >= 4 is 29.0 Å². The number of hydrogen-bond acceptors (Lipinski definition) is 3. The highest BCUT2D eigenvalue weighted by molar-refractivity contribution is 7.80. The van der Waals surface area contributed by atoms with Crippen molar-refractivity contribution < 1.29 is 9.59 Å². The molecule has 1 unspecified atom stereocenters. The molecular formula is C9H17N3O2S. The van der Waals surface area contributed by atoms with Crippen LogP contribution in [0.25, 0.3) is 0 Å². The molecule has 0 fully saturated rings. The summed E-state index contributed by atoms with van der Waals surface area (Å²) in [5.41, 5.74) is 9.61. The lowest BCUT2D eigenvalue weighted by Gasteiger charge is -2.30. The predicted molar refractivity (Wildman–Crippen MR) is 62.0 cm³/mol. The van der Waals surface area contributed by atoms with Crippen molar-refractivity contribution in [2.75, 3.05) is 13.6 Å². The maximum Gasteiger partial charge on any atom is 0.237 e. The van der Waals surface area contributed by atoms with E-state index in [2.05, 4.69) is 0 Å². The van der Waals surface area contributed by atoms with E-state index in [4.69, 9.17) is 23.7 Å². The van der Waals surface area contributed by atoms with Crippen molar-refractivity contribution in [2.24, 2.45) is 16.9 Å². The lowest BCUT2D eigenvalue weighted by molar-refractivity contribution is -0.139. The van der Waals surface area contributed by atoms with Gasteiger partial charge >= 0.3 is 0 Å². The maximum atomic E-state index is 11.9. The minimum absolute atomic E-state index is 0.128. The highest BCUT2D eigenvalue weighted by atomic mass is 32.1. The Balaban J connectivity index is 4.80. The Kier molecular flexibility index (Phi) is 4.67. The van der Waals surface area contributed by atoms with Crippen molar-refractivity contribution in [2.45, 2.75) is 20.3 Å². The van der Waals surface area contributed by atoms with Crippen molar-refractivity contribution in [3.63, 3.8) is 0 Å². The monoisotopic (exact) mass is 231 g/mol. The molecule has 0 heterocycles. The summed E-state index contributed by atoms with van der Waals surface area (Å²) in [4.78, 5) is 24.0. The minimum atomic E-state index is -0.903. The zero-order valence-electron chi connectivity index (χ0n) is 9.24. The number of nitrogens with two attached hydrogens (primary N) is 2. The average molecular weight is 231 g/mol. The van der Waals surface area contributed by atoms with Gasteiger partial charge in [0, 0.05) is 7.05 Å². The molecule has 86 valence electrons. The fraction of sp³-hybridized carbons (Fsp3) is 0.667. The van der Waals surface area contributed by atoms with Gasteiger partial charge in [-0.2, -0.15) is 0 Å². The molecule has 0 rings (SSSR count). The van der Waals surface area contributed by atoms with Gasteiger partial charge in [-0.15, -0.1) is 0 Å². The number of carbonyl (C=O) groups excluding carboxylic acids is 2. The van der Waals surface area contributed by atoms with Crippen LogP contribution in [-0.2, 0) is 9.59 Å². The lowest BCUT2D eigenvalue weighted by atomic mass is 9.86. The highest BCUT2D eigenvalue weighted by Gasteiger charge is 2.36. The molecule has 5 nitrogen and oxygen atoms in total. The van der Waals surface area contributed by atoms with Crippen molar-refractivity contribution in [3.05, 3.63) is 0 Å². The van der Waals surface area contributed by atoms with E-state index >= 15 is 0 Å². The molecule has 0 aliphatic carbocycles. The second-order valence-corrected chi connectivity index (χ2v) is 4.12. The summed E-state index contributed by atoms with van der Waals surface area (Å²) in [6.45, 7) is 3.35. The fourth-order valence-corrected chi connectivity index (χ4v) is 1.39. The number of likely N-dealkylation sites (N-methyl/N-ethyl adjacent to an activating group) is 1. The Bertz CT molecular complexity index is 293. The molecular weight excluding hydrogens is 214 g/mol. The molecule has 2 amide bonds. The summed E-state index contributed by atoms with van der Waals surface area (Å²) in [6.07, 6.45) is 0.490. The van der Waals surface area contributed by atoms with Gasteiger partial charge in [-0.1, -0.05) is 19.1 Å². The Hall–Kier alpha value is -1.17. The predicted octanol–water partition coefficient (Wildman–Crippen LogP) is -0.367. The summed E-state index contributed by atoms with van der Waals surface area (Å²) in [7, 11) is 1.50. The van der Waals surface area contributed by atoms with Crippen LogP contribution in [-0.4, -0.2) is 35.3 Å². The number of rotatable bonds is 5. The molecule has 0 aromatic heterocycles. The van der Waals surface area contributed by atoms with Crippen LogP contribution in [0, 0.1) is 5.41 Å². The van der Waals surface area contributed by atoms with Gasteiger partial charge in [0.1, 0.15) is 0 Å². The van der Waals surface area contributed by atoms with Gasteiger partial charge in [-0.05, 0) is 13.3 Å². The molecule has 0 aliphatic rings. The van der Waals surface area contributed by atoms with Crippen LogP contribution in [0.4, 0.5) is 0 Å². The summed E-state index contributed by atoms with van der Waals surface area (Å²) in [6, 6.07) is 0. The molecule has 0 aliphatic heterocycles. The smallest absolute Gasteiger partial charge is 0.237 e. The van der Waals surface area contributed by atoms with E-state index in [0.29, 0.717) is 6.42 Å². The Labute approximate surface area is 94.8 Å². The van der Waals surface area contributed by atoms with Gasteiger partial charge in [0.15, 0.2) is 0 Å². The quantitative estimate of drug-likeness (QED) is 0.632. The van der Waals surface area contributed by atoms with E-state index in [-0.39, 0.29) is 17.4 Å². The molecule has 0 aromatic rings. The second kappa shape index (κ2) is 5.06. The van der Waals surface area contributed by atoms with Gasteiger partial charge in [-0.3, -0.25) is 9.59 Å². The molecule has 0 bridgehead atoms. The standard InChI is InChI=1S/C9H17N3O2S/c1-4-9(2,7(11)15)8(14)12(3)5-6(10)13/h4-5H2,1-3H3,(H2,10,13)(H2,11,15). The van der Waals surface area contributed by atoms with Gasteiger partial charge in [0.2, 0.25) is 11.8 Å². The Morgan fingerprint density at radius 2 is 1.87 bits per heavy atom. The van der Waals surface area contributed by atoms with Crippen molar-refractivity contribution in [1.82, 2.24) is 4.90 Å². The summed E-state index contributed by atoms with van der Waals surface area (Å²) < 4.78 is 0. The maximum absolute atomic E-state index is 11.9. The Morgan fingerprint density at radius 1 is 1.40 bits per heavy atom. The molecule has 0 saturated heterocycles. The zero-order valence-corrected chi connectivity index (χ0v) is 10.1. The first-order chi connectivity index (χ1) is 6.75. The zero-order chi connectivity index (χ0) is 12.2. The van der Waals surface area contributed by atoms with Crippen LogP contribution < -0.4 is 11.5 Å². The number of amides is 2. The van der Waals surface area contributed by atoms with Crippen LogP contribution in [0.5, 0.6) is 0 Å². The molecule has 0 spiro atoms. The van der Waals surface area contributed by atoms with Crippen LogP contribution in [0.3, 0.4) is 0 Å². The van der Waals surface area contributed by atoms with Crippen LogP contribution in [0.1, 0.15) is 20.3 Å². The number of carbonyl (C=O) groups is 2. The largest absolute Gasteiger partial charge is 0.392 e. The summed E-state index contributed by atoms with van der Waals surface area (Å²) in [5, 5.41) is 0. The second-order valence-electron chi connectivity index (χ2n) is 3.68. The molecule has 6 heteroatoms. The third kappa shape index (κ3) is 3.16. The molecule has 1 atom stereocenters. The van der Waals surface area contributed by atoms with E-state index in [1.165, 1.54) is 11.9 Å². The third-order valence-corrected chi connectivity index (χ3v) is 2.91. The summed E-state index contributed by atoms with van der Waals surface area (Å²) in [5.74, 6) is -0.844. The van der Waals surface area contributed by atoms with E-state index < -0.39 is 11.3 Å². The van der Waals surface area contributed by atoms with Crippen molar-refractivity contribution in [3.8, 4) is 0 Å². The normalized spacial score (nSPS) is 14.1. The highest BCUT2D eigenvalue weighted by Crippen LogP contribution is 2.24. The number of primary amides is 1. The van der Waals surface area contributed by atoms with Crippen LogP contribution >= 0.6 is 12.2 Å². The molecule has 0 saturated carbocycles. The van der Waals surface area contributed by atoms with Crippen molar-refractivity contribution in [1.29, 1.82) is 0 Å². The molecule has 0 aromatic carbocycles. The minimum Gasteiger partial charge on any atom is -0.392 e. The van der Waals surface area contributed by atoms with Gasteiger partial charge in [-0.25, -0.2) is 0 Å².